The van der Waals surface area contributed by atoms with Gasteiger partial charge in [-0.05, 0) is 25.9 Å². The van der Waals surface area contributed by atoms with Crippen molar-refractivity contribution >= 4 is 15.9 Å². The summed E-state index contributed by atoms with van der Waals surface area (Å²) in [6.07, 6.45) is 2.19. The third-order valence-electron chi connectivity index (χ3n) is 1.33. The van der Waals surface area contributed by atoms with Crippen LogP contribution in [0.2, 0.25) is 0 Å². The second kappa shape index (κ2) is 2.80. The number of hydrogen-bond donors (Lipinski definition) is 0. The lowest BCUT2D eigenvalue weighted by Crippen LogP contribution is -2.30. The lowest BCUT2D eigenvalue weighted by molar-refractivity contribution is 0.320. The highest BCUT2D eigenvalue weighted by Crippen LogP contribution is 2.14. The molecule has 1 fully saturated rings. The lowest BCUT2D eigenvalue weighted by atomic mass is 10.2. The van der Waals surface area contributed by atoms with Crippen molar-refractivity contribution in [3.8, 4) is 0 Å². The van der Waals surface area contributed by atoms with E-state index < -0.39 is 0 Å². The smallest absolute Gasteiger partial charge is 0.0264 e. The van der Waals surface area contributed by atoms with Gasteiger partial charge in [0.2, 0.25) is 0 Å². The predicted octanol–water partition coefficient (Wildman–Crippen LogP) is 1.34. The Hall–Kier alpha value is 0.400. The molecule has 0 N–H and O–H groups in total. The minimum absolute atomic E-state index is 0.439. The molecule has 1 saturated heterocycles. The molecule has 0 aliphatic carbocycles. The molecule has 0 aromatic heterocycles. The zero-order valence-electron chi connectivity index (χ0n) is 4.64. The molecule has 2 nitrogen and oxygen atoms in total. The van der Waals surface area contributed by atoms with Crippen LogP contribution in [0, 0.1) is 5.21 Å². The maximum absolute atomic E-state index is 10.6. The van der Waals surface area contributed by atoms with Gasteiger partial charge in [0.1, 0.15) is 0 Å². The summed E-state index contributed by atoms with van der Waals surface area (Å²) in [5, 5.41) is 11.7. The van der Waals surface area contributed by atoms with Crippen molar-refractivity contribution in [3.63, 3.8) is 0 Å². The monoisotopic (exact) mass is 178 g/mol. The van der Waals surface area contributed by atoms with Crippen LogP contribution < -0.4 is 0 Å². The topological polar surface area (TPSA) is 26.3 Å². The molecule has 0 saturated carbocycles. The fourth-order valence-corrected chi connectivity index (χ4v) is 1.54. The summed E-state index contributed by atoms with van der Waals surface area (Å²) in [5.74, 6) is 0. The van der Waals surface area contributed by atoms with E-state index in [4.69, 9.17) is 0 Å². The van der Waals surface area contributed by atoms with Gasteiger partial charge >= 0.3 is 0 Å². The molecule has 1 aliphatic rings. The summed E-state index contributed by atoms with van der Waals surface area (Å²) in [4.78, 5) is 0.439. The van der Waals surface area contributed by atoms with Crippen LogP contribution in [-0.2, 0) is 0 Å². The molecule has 0 aromatic rings. The van der Waals surface area contributed by atoms with Gasteiger partial charge in [0, 0.05) is 4.83 Å². The Morgan fingerprint density at radius 1 is 1.62 bits per heavy atom. The standard InChI is InChI=1S/C5H9BrNO/c6-5-2-1-3-7(8)4-5/h5H,1-4H2/q-1. The Bertz CT molecular complexity index is 70.8. The molecule has 1 atom stereocenters. The molecule has 1 unspecified atom stereocenters. The van der Waals surface area contributed by atoms with Gasteiger partial charge in [-0.3, -0.25) is 0 Å². The molecule has 1 aliphatic heterocycles. The van der Waals surface area contributed by atoms with Gasteiger partial charge in [-0.25, -0.2) is 0 Å². The van der Waals surface area contributed by atoms with E-state index in [-0.39, 0.29) is 0 Å². The van der Waals surface area contributed by atoms with E-state index in [9.17, 15) is 5.21 Å². The Morgan fingerprint density at radius 3 is 2.75 bits per heavy atom. The van der Waals surface area contributed by atoms with Crippen LogP contribution in [-0.4, -0.2) is 23.0 Å². The summed E-state index contributed by atoms with van der Waals surface area (Å²) in [6.45, 7) is 1.39. The summed E-state index contributed by atoms with van der Waals surface area (Å²) >= 11 is 3.39. The molecule has 48 valence electrons. The van der Waals surface area contributed by atoms with Crippen LogP contribution in [0.25, 0.3) is 0 Å². The van der Waals surface area contributed by atoms with Crippen LogP contribution in [0.5, 0.6) is 0 Å². The van der Waals surface area contributed by atoms with Gasteiger partial charge in [-0.1, -0.05) is 15.9 Å². The Morgan fingerprint density at radius 2 is 2.38 bits per heavy atom. The van der Waals surface area contributed by atoms with Gasteiger partial charge in [0.25, 0.3) is 0 Å². The molecule has 0 radical (unpaired) electrons. The summed E-state index contributed by atoms with van der Waals surface area (Å²) in [6, 6.07) is 0. The van der Waals surface area contributed by atoms with Crippen molar-refractivity contribution in [1.29, 1.82) is 0 Å². The van der Waals surface area contributed by atoms with Crippen molar-refractivity contribution < 1.29 is 0 Å². The fourth-order valence-electron chi connectivity index (χ4n) is 0.893. The molecular weight excluding hydrogens is 170 g/mol. The summed E-state index contributed by atoms with van der Waals surface area (Å²) in [5.41, 5.74) is 0. The van der Waals surface area contributed by atoms with Crippen LogP contribution >= 0.6 is 15.9 Å². The SMILES string of the molecule is [O-]N1CCCC(Br)C1. The van der Waals surface area contributed by atoms with Gasteiger partial charge in [0.05, 0.1) is 0 Å². The number of halogens is 1. The van der Waals surface area contributed by atoms with Crippen molar-refractivity contribution in [2.75, 3.05) is 13.1 Å². The van der Waals surface area contributed by atoms with E-state index >= 15 is 0 Å². The number of rotatable bonds is 0. The summed E-state index contributed by atoms with van der Waals surface area (Å²) in [7, 11) is 0. The predicted molar refractivity (Wildman–Crippen MR) is 36.9 cm³/mol. The highest BCUT2D eigenvalue weighted by molar-refractivity contribution is 9.09. The van der Waals surface area contributed by atoms with E-state index in [1.807, 2.05) is 0 Å². The molecule has 0 spiro atoms. The number of hydroxylamine groups is 2. The average molecular weight is 179 g/mol. The van der Waals surface area contributed by atoms with E-state index in [1.165, 1.54) is 0 Å². The van der Waals surface area contributed by atoms with Crippen molar-refractivity contribution in [3.05, 3.63) is 5.21 Å². The number of nitrogens with zero attached hydrogens (tertiary/aromatic N) is 1. The van der Waals surface area contributed by atoms with E-state index in [0.29, 0.717) is 11.4 Å². The van der Waals surface area contributed by atoms with Crippen molar-refractivity contribution in [2.45, 2.75) is 17.7 Å². The molecule has 1 heterocycles. The lowest BCUT2D eigenvalue weighted by Gasteiger charge is -2.34. The Kier molecular flexibility index (Phi) is 2.28. The molecule has 1 rings (SSSR count). The van der Waals surface area contributed by atoms with E-state index in [2.05, 4.69) is 15.9 Å². The Balaban J connectivity index is 2.23. The first kappa shape index (κ1) is 6.52. The first-order chi connectivity index (χ1) is 3.79. The average Bonchev–Trinajstić information content (AvgIpc) is 1.64. The number of alkyl halides is 1. The third-order valence-corrected chi connectivity index (χ3v) is 2.07. The zero-order valence-corrected chi connectivity index (χ0v) is 6.23. The van der Waals surface area contributed by atoms with Crippen LogP contribution in [0.3, 0.4) is 0 Å². The summed E-state index contributed by atoms with van der Waals surface area (Å²) < 4.78 is 0. The second-order valence-corrected chi connectivity index (χ2v) is 3.42. The molecule has 0 bridgehead atoms. The minimum atomic E-state index is 0.439. The number of hydrogen-bond acceptors (Lipinski definition) is 2. The largest absolute Gasteiger partial charge is 0.785 e. The molecule has 0 aromatic carbocycles. The van der Waals surface area contributed by atoms with Crippen LogP contribution in [0.4, 0.5) is 0 Å². The zero-order chi connectivity index (χ0) is 5.98. The first-order valence-electron chi connectivity index (χ1n) is 2.85. The highest BCUT2D eigenvalue weighted by Gasteiger charge is 2.09. The van der Waals surface area contributed by atoms with Crippen molar-refractivity contribution in [2.24, 2.45) is 0 Å². The van der Waals surface area contributed by atoms with Gasteiger partial charge in [-0.2, -0.15) is 0 Å². The van der Waals surface area contributed by atoms with Crippen LogP contribution in [0.1, 0.15) is 12.8 Å². The first-order valence-corrected chi connectivity index (χ1v) is 3.77. The van der Waals surface area contributed by atoms with Gasteiger partial charge in [0.15, 0.2) is 0 Å². The van der Waals surface area contributed by atoms with Crippen molar-refractivity contribution in [1.82, 2.24) is 5.06 Å². The van der Waals surface area contributed by atoms with E-state index in [1.54, 1.807) is 0 Å². The maximum atomic E-state index is 10.6. The maximum Gasteiger partial charge on any atom is 0.0264 e. The fraction of sp³-hybridized carbons (Fsp3) is 1.00. The molecule has 8 heavy (non-hydrogen) atoms. The second-order valence-electron chi connectivity index (χ2n) is 2.13. The third kappa shape index (κ3) is 1.73. The molecule has 3 heteroatoms. The van der Waals surface area contributed by atoms with Crippen LogP contribution in [0.15, 0.2) is 0 Å². The van der Waals surface area contributed by atoms with Gasteiger partial charge in [-0.15, -0.1) is 0 Å². The molecule has 0 amide bonds. The quantitative estimate of drug-likeness (QED) is 0.524. The van der Waals surface area contributed by atoms with E-state index in [0.717, 1.165) is 24.4 Å². The molecular formula is C5H9BrNO-. The Labute approximate surface area is 57.6 Å². The highest BCUT2D eigenvalue weighted by atomic mass is 79.9. The number of piperidine rings is 1. The minimum Gasteiger partial charge on any atom is -0.785 e. The normalized spacial score (nSPS) is 33.0. The van der Waals surface area contributed by atoms with Gasteiger partial charge < -0.3 is 10.3 Å².